The van der Waals surface area contributed by atoms with Crippen molar-refractivity contribution in [3.63, 3.8) is 0 Å². The van der Waals surface area contributed by atoms with Crippen LogP contribution in [-0.4, -0.2) is 29.2 Å². The monoisotopic (exact) mass is 328 g/mol. The van der Waals surface area contributed by atoms with Crippen molar-refractivity contribution in [1.29, 1.82) is 0 Å². The highest BCUT2D eigenvalue weighted by Crippen LogP contribution is 2.34. The molecular weight excluding hydrogens is 315 g/mol. The Morgan fingerprint density at radius 2 is 2.14 bits per heavy atom. The van der Waals surface area contributed by atoms with Gasteiger partial charge in [0.1, 0.15) is 6.61 Å². The van der Waals surface area contributed by atoms with Gasteiger partial charge in [-0.25, -0.2) is 14.1 Å². The van der Waals surface area contributed by atoms with Crippen LogP contribution in [0.15, 0.2) is 18.0 Å². The number of benzene rings is 1. The fourth-order valence-electron chi connectivity index (χ4n) is 2.69. The molecule has 2 heterocycles. The van der Waals surface area contributed by atoms with Crippen LogP contribution in [0.4, 0.5) is 13.2 Å². The van der Waals surface area contributed by atoms with Crippen LogP contribution in [0, 0.1) is 17.5 Å². The molecule has 3 rings (SSSR count). The topological polar surface area (TPSA) is 52.6 Å². The zero-order valence-corrected chi connectivity index (χ0v) is 12.3. The predicted molar refractivity (Wildman–Crippen MR) is 77.6 cm³/mol. The highest BCUT2D eigenvalue weighted by molar-refractivity contribution is 7.80. The van der Waals surface area contributed by atoms with Crippen molar-refractivity contribution in [3.8, 4) is 5.75 Å². The van der Waals surface area contributed by atoms with Gasteiger partial charge in [0.15, 0.2) is 22.5 Å². The summed E-state index contributed by atoms with van der Waals surface area (Å²) in [7, 11) is 0. The number of rotatable bonds is 3. The molecule has 1 aromatic rings. The molecule has 8 heteroatoms. The van der Waals surface area contributed by atoms with Crippen LogP contribution in [-0.2, 0) is 6.42 Å². The van der Waals surface area contributed by atoms with Crippen LogP contribution in [0.1, 0.15) is 12.0 Å². The van der Waals surface area contributed by atoms with Crippen LogP contribution in [0.5, 0.6) is 5.75 Å². The smallest absolute Gasteiger partial charge is 0.203 e. The number of hydrogen-bond donors (Lipinski definition) is 1. The summed E-state index contributed by atoms with van der Waals surface area (Å²) in [5.41, 5.74) is 6.67. The average Bonchev–Trinajstić information content (AvgIpc) is 2.86. The Morgan fingerprint density at radius 3 is 2.86 bits per heavy atom. The van der Waals surface area contributed by atoms with Crippen molar-refractivity contribution in [2.24, 2.45) is 5.73 Å². The molecular formula is C14H13F3N3OS. The third kappa shape index (κ3) is 2.42. The number of hydrogen-bond acceptors (Lipinski definition) is 3. The quantitative estimate of drug-likeness (QED) is 0.679. The lowest BCUT2D eigenvalue weighted by atomic mass is 10.0. The number of thiocarbonyl (C=S) groups is 1. The van der Waals surface area contributed by atoms with Gasteiger partial charge in [-0.3, -0.25) is 0 Å². The molecule has 1 unspecified atom stereocenters. The van der Waals surface area contributed by atoms with Crippen LogP contribution in [0.3, 0.4) is 0 Å². The molecule has 1 aromatic carbocycles. The molecule has 0 aromatic heterocycles. The van der Waals surface area contributed by atoms with Gasteiger partial charge in [0.25, 0.3) is 0 Å². The number of ether oxygens (including phenoxy) is 1. The summed E-state index contributed by atoms with van der Waals surface area (Å²) in [6, 6.07) is 0.705. The number of nitrogens with two attached hydrogens (primary N) is 1. The summed E-state index contributed by atoms with van der Waals surface area (Å²) < 4.78 is 45.6. The van der Waals surface area contributed by atoms with Crippen LogP contribution in [0.2, 0.25) is 0 Å². The highest BCUT2D eigenvalue weighted by Gasteiger charge is 2.34. The van der Waals surface area contributed by atoms with Gasteiger partial charge in [-0.1, -0.05) is 0 Å². The van der Waals surface area contributed by atoms with E-state index in [1.54, 1.807) is 11.1 Å². The first-order valence-electron chi connectivity index (χ1n) is 6.75. The van der Waals surface area contributed by atoms with Gasteiger partial charge in [0.2, 0.25) is 5.82 Å². The van der Waals surface area contributed by atoms with Crippen molar-refractivity contribution in [2.75, 3.05) is 13.2 Å². The van der Waals surface area contributed by atoms with E-state index in [1.165, 1.54) is 0 Å². The Labute approximate surface area is 130 Å². The van der Waals surface area contributed by atoms with E-state index in [9.17, 15) is 13.2 Å². The van der Waals surface area contributed by atoms with Gasteiger partial charge < -0.3 is 15.4 Å². The molecule has 1 atom stereocenters. The summed E-state index contributed by atoms with van der Waals surface area (Å²) in [5.74, 6) is -4.28. The van der Waals surface area contributed by atoms with Crippen molar-refractivity contribution in [3.05, 3.63) is 41.0 Å². The van der Waals surface area contributed by atoms with E-state index < -0.39 is 17.5 Å². The second-order valence-electron chi connectivity index (χ2n) is 5.08. The Bertz CT molecular complexity index is 665. The van der Waals surface area contributed by atoms with E-state index >= 15 is 0 Å². The van der Waals surface area contributed by atoms with Crippen LogP contribution in [0.25, 0.3) is 0 Å². The van der Waals surface area contributed by atoms with Gasteiger partial charge >= 0.3 is 0 Å². The van der Waals surface area contributed by atoms with E-state index in [4.69, 9.17) is 22.7 Å². The number of halogens is 3. The molecule has 2 aliphatic heterocycles. The van der Waals surface area contributed by atoms with E-state index in [0.29, 0.717) is 18.1 Å². The summed E-state index contributed by atoms with van der Waals surface area (Å²) in [4.78, 5) is 1.78. The Hall–Kier alpha value is -1.80. The lowest BCUT2D eigenvalue weighted by Gasteiger charge is -2.34. The Balaban J connectivity index is 1.88. The second kappa shape index (κ2) is 5.77. The maximum Gasteiger partial charge on any atom is 0.203 e. The molecule has 4 nitrogen and oxygen atoms in total. The average molecular weight is 328 g/mol. The summed E-state index contributed by atoms with van der Waals surface area (Å²) in [6.07, 6.45) is 2.50. The van der Waals surface area contributed by atoms with Crippen molar-refractivity contribution >= 4 is 17.3 Å². The zero-order valence-electron chi connectivity index (χ0n) is 11.5. The fraction of sp³-hybridized carbons (Fsp3) is 0.357. The molecule has 1 radical (unpaired) electrons. The largest absolute Gasteiger partial charge is 0.488 e. The van der Waals surface area contributed by atoms with Crippen molar-refractivity contribution < 1.29 is 17.9 Å². The van der Waals surface area contributed by atoms with Crippen LogP contribution >= 0.6 is 12.2 Å². The van der Waals surface area contributed by atoms with Gasteiger partial charge in [-0.2, -0.15) is 4.39 Å². The minimum absolute atomic E-state index is 0.104. The zero-order chi connectivity index (χ0) is 15.9. The number of nitrogens with zero attached hydrogens (tertiary/aromatic N) is 2. The minimum atomic E-state index is -1.52. The van der Waals surface area contributed by atoms with E-state index in [-0.39, 0.29) is 30.4 Å². The first-order valence-corrected chi connectivity index (χ1v) is 7.16. The van der Waals surface area contributed by atoms with Gasteiger partial charge in [0.05, 0.1) is 6.04 Å². The van der Waals surface area contributed by atoms with Gasteiger partial charge in [-0.15, -0.1) is 0 Å². The third-order valence-corrected chi connectivity index (χ3v) is 3.98. The maximum atomic E-state index is 13.7. The molecule has 0 fully saturated rings. The molecule has 2 aliphatic rings. The molecule has 22 heavy (non-hydrogen) atoms. The van der Waals surface area contributed by atoms with E-state index in [2.05, 4.69) is 5.32 Å². The molecule has 0 bridgehead atoms. The summed E-state index contributed by atoms with van der Waals surface area (Å²) >= 11 is 5.19. The van der Waals surface area contributed by atoms with E-state index in [1.807, 2.05) is 0 Å². The molecule has 0 saturated carbocycles. The second-order valence-corrected chi connectivity index (χ2v) is 5.45. The Morgan fingerprint density at radius 1 is 1.36 bits per heavy atom. The summed E-state index contributed by atoms with van der Waals surface area (Å²) in [5, 5.41) is 4.44. The van der Waals surface area contributed by atoms with E-state index in [0.717, 1.165) is 11.8 Å². The first kappa shape index (κ1) is 15.1. The van der Waals surface area contributed by atoms with Gasteiger partial charge in [0, 0.05) is 30.3 Å². The molecule has 0 saturated heterocycles. The lowest BCUT2D eigenvalue weighted by Crippen LogP contribution is -2.45. The third-order valence-electron chi connectivity index (χ3n) is 3.68. The SMILES string of the molecule is NCCC1=C[N]C(=S)N1C1COc2c(cc(F)c(F)c2F)C1. The summed E-state index contributed by atoms with van der Waals surface area (Å²) in [6.45, 7) is 0.533. The van der Waals surface area contributed by atoms with Gasteiger partial charge in [-0.05, 0) is 24.8 Å². The number of fused-ring (bicyclic) bond motifs is 1. The first-order chi connectivity index (χ1) is 10.5. The van der Waals surface area contributed by atoms with Crippen molar-refractivity contribution in [2.45, 2.75) is 18.9 Å². The highest BCUT2D eigenvalue weighted by atomic mass is 32.1. The minimum Gasteiger partial charge on any atom is -0.488 e. The predicted octanol–water partition coefficient (Wildman–Crippen LogP) is 1.80. The molecule has 117 valence electrons. The molecule has 0 spiro atoms. The Kier molecular flexibility index (Phi) is 3.96. The molecule has 0 amide bonds. The normalized spacial score (nSPS) is 20.4. The fourth-order valence-corrected chi connectivity index (χ4v) is 3.01. The maximum absolute atomic E-state index is 13.7. The van der Waals surface area contributed by atoms with Crippen molar-refractivity contribution in [1.82, 2.24) is 10.2 Å². The lowest BCUT2D eigenvalue weighted by molar-refractivity contribution is 0.185. The standard InChI is InChI=1S/C14H13F3N3OS/c15-10-4-7-3-9(6-21-13(7)12(17)11(10)16)20-8(1-2-18)5-19-14(20)22/h4-5,9H,1-3,6,18H2. The molecule has 0 aliphatic carbocycles. The molecule has 2 N–H and O–H groups in total. The van der Waals surface area contributed by atoms with Crippen LogP contribution < -0.4 is 15.8 Å².